The lowest BCUT2D eigenvalue weighted by Gasteiger charge is -2.10. The molecule has 0 unspecified atom stereocenters. The molecule has 1 N–H and O–H groups in total. The van der Waals surface area contributed by atoms with Crippen LogP contribution in [0.15, 0.2) is 60.9 Å². The minimum Gasteiger partial charge on any atom is -0.487 e. The summed E-state index contributed by atoms with van der Waals surface area (Å²) < 4.78 is 5.70. The first-order valence-corrected chi connectivity index (χ1v) is 8.12. The topological polar surface area (TPSA) is 64.1 Å². The van der Waals surface area contributed by atoms with Crippen molar-refractivity contribution in [2.45, 2.75) is 6.61 Å². The van der Waals surface area contributed by atoms with Crippen LogP contribution in [0.5, 0.6) is 5.75 Å². The summed E-state index contributed by atoms with van der Waals surface area (Å²) in [6.07, 6.45) is 2.84. The van der Waals surface area contributed by atoms with Crippen LogP contribution in [0.4, 0.5) is 5.69 Å². The largest absolute Gasteiger partial charge is 0.487 e. The van der Waals surface area contributed by atoms with E-state index < -0.39 is 0 Å². The molecule has 0 fully saturated rings. The summed E-state index contributed by atoms with van der Waals surface area (Å²) in [5.74, 6) is 0.237. The Labute approximate surface area is 154 Å². The van der Waals surface area contributed by atoms with Crippen LogP contribution in [0.25, 0.3) is 0 Å². The van der Waals surface area contributed by atoms with E-state index in [4.69, 9.17) is 27.9 Å². The fraction of sp³-hybridized carbons (Fsp3) is 0.0556. The SMILES string of the molecule is O=C(Nc1ccc(OCc2ccc(Cl)cc2)c(Cl)c1)c1ccnnc1. The molecule has 7 heteroatoms. The van der Waals surface area contributed by atoms with Crippen molar-refractivity contribution in [3.05, 3.63) is 82.1 Å². The highest BCUT2D eigenvalue weighted by Gasteiger charge is 2.09. The number of carbonyl (C=O) groups is 1. The van der Waals surface area contributed by atoms with Crippen LogP contribution in [0.1, 0.15) is 15.9 Å². The number of hydrogen-bond acceptors (Lipinski definition) is 4. The zero-order chi connectivity index (χ0) is 17.6. The average Bonchev–Trinajstić information content (AvgIpc) is 2.63. The van der Waals surface area contributed by atoms with Crippen LogP contribution in [-0.2, 0) is 6.61 Å². The van der Waals surface area contributed by atoms with Crippen LogP contribution >= 0.6 is 23.2 Å². The molecule has 3 aromatic rings. The summed E-state index contributed by atoms with van der Waals surface area (Å²) in [5.41, 5.74) is 1.95. The Bertz CT molecular complexity index is 871. The third-order valence-corrected chi connectivity index (χ3v) is 3.89. The Morgan fingerprint density at radius 2 is 1.84 bits per heavy atom. The molecule has 0 atom stereocenters. The Balaban J connectivity index is 1.64. The van der Waals surface area contributed by atoms with E-state index in [9.17, 15) is 4.79 Å². The Morgan fingerprint density at radius 1 is 1.04 bits per heavy atom. The monoisotopic (exact) mass is 373 g/mol. The highest BCUT2D eigenvalue weighted by atomic mass is 35.5. The molecule has 1 heterocycles. The van der Waals surface area contributed by atoms with Crippen molar-refractivity contribution >= 4 is 34.8 Å². The number of benzene rings is 2. The minimum atomic E-state index is -0.291. The van der Waals surface area contributed by atoms with E-state index in [0.29, 0.717) is 33.7 Å². The lowest BCUT2D eigenvalue weighted by Crippen LogP contribution is -2.12. The zero-order valence-corrected chi connectivity index (χ0v) is 14.5. The van der Waals surface area contributed by atoms with E-state index in [1.165, 1.54) is 12.4 Å². The third-order valence-electron chi connectivity index (χ3n) is 3.34. The van der Waals surface area contributed by atoms with Gasteiger partial charge in [-0.15, -0.1) is 0 Å². The van der Waals surface area contributed by atoms with Gasteiger partial charge in [0.2, 0.25) is 0 Å². The molecule has 2 aromatic carbocycles. The van der Waals surface area contributed by atoms with Crippen LogP contribution in [-0.4, -0.2) is 16.1 Å². The Kier molecular flexibility index (Phi) is 5.48. The molecular formula is C18H13Cl2N3O2. The number of hydrogen-bond donors (Lipinski definition) is 1. The molecule has 0 aliphatic rings. The number of halogens is 2. The first-order valence-electron chi connectivity index (χ1n) is 7.36. The van der Waals surface area contributed by atoms with E-state index in [1.54, 1.807) is 36.4 Å². The molecule has 0 spiro atoms. The van der Waals surface area contributed by atoms with Gasteiger partial charge in [-0.05, 0) is 42.0 Å². The summed E-state index contributed by atoms with van der Waals surface area (Å²) in [6, 6.07) is 14.0. The second-order valence-corrected chi connectivity index (χ2v) is 5.99. The summed E-state index contributed by atoms with van der Waals surface area (Å²) in [7, 11) is 0. The molecule has 126 valence electrons. The summed E-state index contributed by atoms with van der Waals surface area (Å²) >= 11 is 12.1. The van der Waals surface area contributed by atoms with E-state index >= 15 is 0 Å². The van der Waals surface area contributed by atoms with Gasteiger partial charge in [0.15, 0.2) is 0 Å². The second kappa shape index (κ2) is 7.96. The van der Waals surface area contributed by atoms with Crippen molar-refractivity contribution in [3.8, 4) is 5.75 Å². The average molecular weight is 374 g/mol. The number of ether oxygens (including phenoxy) is 1. The van der Waals surface area contributed by atoms with Crippen molar-refractivity contribution in [3.63, 3.8) is 0 Å². The molecule has 0 radical (unpaired) electrons. The van der Waals surface area contributed by atoms with Gasteiger partial charge >= 0.3 is 0 Å². The van der Waals surface area contributed by atoms with Gasteiger partial charge in [-0.1, -0.05) is 35.3 Å². The lowest BCUT2D eigenvalue weighted by molar-refractivity contribution is 0.102. The van der Waals surface area contributed by atoms with Crippen molar-refractivity contribution in [2.75, 3.05) is 5.32 Å². The second-order valence-electron chi connectivity index (χ2n) is 5.15. The molecule has 5 nitrogen and oxygen atoms in total. The predicted octanol–water partition coefficient (Wildman–Crippen LogP) is 4.61. The highest BCUT2D eigenvalue weighted by molar-refractivity contribution is 6.32. The minimum absolute atomic E-state index is 0.291. The summed E-state index contributed by atoms with van der Waals surface area (Å²) in [5, 5.41) is 11.1. The van der Waals surface area contributed by atoms with Crippen molar-refractivity contribution in [2.24, 2.45) is 0 Å². The molecule has 0 aliphatic heterocycles. The van der Waals surface area contributed by atoms with Gasteiger partial charge in [-0.3, -0.25) is 4.79 Å². The molecule has 0 aliphatic carbocycles. The van der Waals surface area contributed by atoms with Crippen molar-refractivity contribution < 1.29 is 9.53 Å². The molecule has 0 bridgehead atoms. The predicted molar refractivity (Wildman–Crippen MR) is 97.2 cm³/mol. The highest BCUT2D eigenvalue weighted by Crippen LogP contribution is 2.28. The molecule has 0 saturated heterocycles. The molecule has 3 rings (SSSR count). The molecule has 0 saturated carbocycles. The van der Waals surface area contributed by atoms with Gasteiger partial charge in [0, 0.05) is 10.7 Å². The van der Waals surface area contributed by atoms with E-state index in [1.807, 2.05) is 12.1 Å². The van der Waals surface area contributed by atoms with Gasteiger partial charge in [0.1, 0.15) is 12.4 Å². The Morgan fingerprint density at radius 3 is 2.52 bits per heavy atom. The fourth-order valence-corrected chi connectivity index (χ4v) is 2.43. The van der Waals surface area contributed by atoms with Crippen molar-refractivity contribution in [1.82, 2.24) is 10.2 Å². The normalized spacial score (nSPS) is 10.3. The molecule has 1 aromatic heterocycles. The standard InChI is InChI=1S/C18H13Cl2N3O2/c19-14-3-1-12(2-4-14)11-25-17-6-5-15(9-16(17)20)23-18(24)13-7-8-21-22-10-13/h1-10H,11H2,(H,23,24). The summed E-state index contributed by atoms with van der Waals surface area (Å²) in [6.45, 7) is 0.366. The van der Waals surface area contributed by atoms with Crippen LogP contribution in [0.2, 0.25) is 10.0 Å². The van der Waals surface area contributed by atoms with Crippen molar-refractivity contribution in [1.29, 1.82) is 0 Å². The number of aromatic nitrogens is 2. The third kappa shape index (κ3) is 4.68. The van der Waals surface area contributed by atoms with Crippen LogP contribution in [0.3, 0.4) is 0 Å². The number of carbonyl (C=O) groups excluding carboxylic acids is 1. The number of rotatable bonds is 5. The first-order chi connectivity index (χ1) is 12.1. The first kappa shape index (κ1) is 17.2. The quantitative estimate of drug-likeness (QED) is 0.708. The van der Waals surface area contributed by atoms with Gasteiger partial charge in [0.05, 0.1) is 23.0 Å². The smallest absolute Gasteiger partial charge is 0.257 e. The maximum Gasteiger partial charge on any atom is 0.257 e. The maximum absolute atomic E-state index is 12.1. The maximum atomic E-state index is 12.1. The van der Waals surface area contributed by atoms with E-state index in [-0.39, 0.29) is 5.91 Å². The van der Waals surface area contributed by atoms with Gasteiger partial charge < -0.3 is 10.1 Å². The zero-order valence-electron chi connectivity index (χ0n) is 12.9. The molecule has 1 amide bonds. The van der Waals surface area contributed by atoms with E-state index in [0.717, 1.165) is 5.56 Å². The number of nitrogens with zero attached hydrogens (tertiary/aromatic N) is 2. The number of nitrogens with one attached hydrogen (secondary N) is 1. The number of amides is 1. The van der Waals surface area contributed by atoms with Crippen LogP contribution in [0, 0.1) is 0 Å². The number of anilines is 1. The molecule has 25 heavy (non-hydrogen) atoms. The van der Waals surface area contributed by atoms with Gasteiger partial charge in [-0.25, -0.2) is 0 Å². The molecular weight excluding hydrogens is 361 g/mol. The van der Waals surface area contributed by atoms with Gasteiger partial charge in [-0.2, -0.15) is 10.2 Å². The van der Waals surface area contributed by atoms with E-state index in [2.05, 4.69) is 15.5 Å². The fourth-order valence-electron chi connectivity index (χ4n) is 2.07. The van der Waals surface area contributed by atoms with Crippen LogP contribution < -0.4 is 10.1 Å². The Hall–Kier alpha value is -2.63. The lowest BCUT2D eigenvalue weighted by atomic mass is 10.2. The summed E-state index contributed by atoms with van der Waals surface area (Å²) in [4.78, 5) is 12.1. The van der Waals surface area contributed by atoms with Gasteiger partial charge in [0.25, 0.3) is 5.91 Å².